The van der Waals surface area contributed by atoms with E-state index in [1.165, 1.54) is 5.06 Å². The van der Waals surface area contributed by atoms with E-state index in [-0.39, 0.29) is 18.5 Å². The summed E-state index contributed by atoms with van der Waals surface area (Å²) in [4.78, 5) is 17.2. The number of carbonyl (C=O) groups is 1. The summed E-state index contributed by atoms with van der Waals surface area (Å²) in [5.41, 5.74) is 6.26. The Balaban J connectivity index is 2.14. The molecule has 0 atom stereocenters. The molecule has 0 aliphatic heterocycles. The molecule has 0 spiro atoms. The van der Waals surface area contributed by atoms with Crippen LogP contribution < -0.4 is 10.6 Å². The first-order valence-corrected chi connectivity index (χ1v) is 5.96. The van der Waals surface area contributed by atoms with Crippen molar-refractivity contribution in [1.82, 2.24) is 5.06 Å². The lowest BCUT2D eigenvalue weighted by molar-refractivity contribution is -0.157. The smallest absolute Gasteiger partial charge is 0.269 e. The second kappa shape index (κ2) is 4.94. The van der Waals surface area contributed by atoms with E-state index in [4.69, 9.17) is 22.2 Å². The zero-order valence-corrected chi connectivity index (χ0v) is 10.4. The maximum atomic E-state index is 11.6. The molecule has 1 aromatic carbocycles. The van der Waals surface area contributed by atoms with E-state index >= 15 is 0 Å². The largest absolute Gasteiger partial charge is 0.376 e. The van der Waals surface area contributed by atoms with Gasteiger partial charge in [-0.15, -0.1) is 0 Å². The van der Waals surface area contributed by atoms with Crippen LogP contribution in [-0.2, 0) is 4.79 Å². The normalized spacial score (nSPS) is 14.5. The van der Waals surface area contributed by atoms with Gasteiger partial charge in [-0.1, -0.05) is 11.6 Å². The van der Waals surface area contributed by atoms with Gasteiger partial charge in [0.1, 0.15) is 0 Å². The van der Waals surface area contributed by atoms with Crippen molar-refractivity contribution in [3.05, 3.63) is 28.8 Å². The number of hydroxylamine groups is 2. The van der Waals surface area contributed by atoms with Gasteiger partial charge in [-0.25, -0.2) is 0 Å². The second-order valence-corrected chi connectivity index (χ2v) is 4.59. The summed E-state index contributed by atoms with van der Waals surface area (Å²) in [5.74, 6) is 0.449. The molecule has 0 unspecified atom stereocenters. The highest BCUT2D eigenvalue weighted by atomic mass is 35.5. The highest BCUT2D eigenvalue weighted by Crippen LogP contribution is 2.30. The van der Waals surface area contributed by atoms with Gasteiger partial charge in [-0.2, -0.15) is 5.06 Å². The minimum atomic E-state index is -0.193. The van der Waals surface area contributed by atoms with Crippen LogP contribution in [0.2, 0.25) is 5.02 Å². The molecule has 1 fully saturated rings. The lowest BCUT2D eigenvalue weighted by Gasteiger charge is -2.22. The number of nitrogens with zero attached hydrogens (tertiary/aromatic N) is 1. The maximum absolute atomic E-state index is 11.6. The predicted octanol–water partition coefficient (Wildman–Crippen LogP) is 1.89. The van der Waals surface area contributed by atoms with Crippen molar-refractivity contribution in [2.75, 3.05) is 6.54 Å². The van der Waals surface area contributed by atoms with Gasteiger partial charge in [0.25, 0.3) is 5.91 Å². The van der Waals surface area contributed by atoms with Crippen molar-refractivity contribution < 1.29 is 9.63 Å². The molecule has 17 heavy (non-hydrogen) atoms. The molecule has 0 aromatic heterocycles. The van der Waals surface area contributed by atoms with Crippen molar-refractivity contribution in [1.29, 1.82) is 0 Å². The summed E-state index contributed by atoms with van der Waals surface area (Å²) in [5, 5.41) is 2.04. The first kappa shape index (κ1) is 12.2. The highest BCUT2D eigenvalue weighted by Gasteiger charge is 2.34. The van der Waals surface area contributed by atoms with E-state index in [0.29, 0.717) is 10.8 Å². The number of hydrogen-bond acceptors (Lipinski definition) is 3. The lowest BCUT2D eigenvalue weighted by atomic mass is 10.2. The van der Waals surface area contributed by atoms with E-state index in [1.807, 2.05) is 6.92 Å². The molecule has 1 saturated carbocycles. The van der Waals surface area contributed by atoms with E-state index < -0.39 is 0 Å². The third-order valence-corrected chi connectivity index (χ3v) is 2.87. The van der Waals surface area contributed by atoms with Crippen LogP contribution >= 0.6 is 11.6 Å². The summed E-state index contributed by atoms with van der Waals surface area (Å²) in [7, 11) is 0. The fraction of sp³-hybridized carbons (Fsp3) is 0.417. The number of carbonyl (C=O) groups excluding carboxylic acids is 1. The fourth-order valence-electron chi connectivity index (χ4n) is 1.55. The van der Waals surface area contributed by atoms with E-state index in [0.717, 1.165) is 18.4 Å². The Bertz CT molecular complexity index is 433. The number of rotatable bonds is 4. The minimum absolute atomic E-state index is 0.0386. The number of halogens is 1. The third kappa shape index (κ3) is 2.90. The summed E-state index contributed by atoms with van der Waals surface area (Å²) in [6, 6.07) is 5.47. The van der Waals surface area contributed by atoms with Crippen molar-refractivity contribution in [3.8, 4) is 5.75 Å². The van der Waals surface area contributed by atoms with E-state index in [9.17, 15) is 4.79 Å². The molecule has 2 rings (SSSR count). The van der Waals surface area contributed by atoms with Crippen molar-refractivity contribution in [2.24, 2.45) is 5.73 Å². The number of hydrogen-bond donors (Lipinski definition) is 1. The Morgan fingerprint density at radius 2 is 2.29 bits per heavy atom. The molecule has 0 saturated heterocycles. The van der Waals surface area contributed by atoms with Crippen LogP contribution in [0.4, 0.5) is 0 Å². The number of aryl methyl sites for hydroxylation is 1. The predicted molar refractivity (Wildman–Crippen MR) is 65.7 cm³/mol. The van der Waals surface area contributed by atoms with Gasteiger partial charge in [0, 0.05) is 5.02 Å². The SMILES string of the molecule is Cc1cc(Cl)ccc1ON(C(=O)CN)C1CC1. The Hall–Kier alpha value is -1.26. The molecule has 5 heteroatoms. The van der Waals surface area contributed by atoms with Crippen LogP contribution in [-0.4, -0.2) is 23.6 Å². The lowest BCUT2D eigenvalue weighted by Crippen LogP contribution is -2.40. The van der Waals surface area contributed by atoms with Crippen molar-refractivity contribution in [2.45, 2.75) is 25.8 Å². The maximum Gasteiger partial charge on any atom is 0.269 e. The van der Waals surface area contributed by atoms with Gasteiger partial charge in [0.2, 0.25) is 0 Å². The van der Waals surface area contributed by atoms with Crippen LogP contribution in [0.15, 0.2) is 18.2 Å². The van der Waals surface area contributed by atoms with Gasteiger partial charge in [-0.05, 0) is 43.5 Å². The molecular formula is C12H15ClN2O2. The van der Waals surface area contributed by atoms with Crippen LogP contribution in [0.1, 0.15) is 18.4 Å². The van der Waals surface area contributed by atoms with Crippen LogP contribution in [0, 0.1) is 6.92 Å². The average molecular weight is 255 g/mol. The summed E-state index contributed by atoms with van der Waals surface area (Å²) >= 11 is 5.86. The average Bonchev–Trinajstić information content (AvgIpc) is 3.11. The Morgan fingerprint density at radius 1 is 1.59 bits per heavy atom. The van der Waals surface area contributed by atoms with Gasteiger partial charge < -0.3 is 10.6 Å². The number of nitrogens with two attached hydrogens (primary N) is 1. The summed E-state index contributed by atoms with van der Waals surface area (Å²) in [6.07, 6.45) is 1.94. The molecule has 0 bridgehead atoms. The zero-order valence-electron chi connectivity index (χ0n) is 9.65. The standard InChI is InChI=1S/C12H15ClN2O2/c1-8-6-9(13)2-5-11(8)17-15(10-3-4-10)12(16)7-14/h2,5-6,10H,3-4,7,14H2,1H3. The van der Waals surface area contributed by atoms with Crippen molar-refractivity contribution >= 4 is 17.5 Å². The topological polar surface area (TPSA) is 55.6 Å². The fourth-order valence-corrected chi connectivity index (χ4v) is 1.78. The van der Waals surface area contributed by atoms with Crippen molar-refractivity contribution in [3.63, 3.8) is 0 Å². The minimum Gasteiger partial charge on any atom is -0.376 e. The van der Waals surface area contributed by atoms with Gasteiger partial charge >= 0.3 is 0 Å². The Labute approximate surface area is 105 Å². The quantitative estimate of drug-likeness (QED) is 0.835. The van der Waals surface area contributed by atoms with Crippen LogP contribution in [0.5, 0.6) is 5.75 Å². The molecule has 2 N–H and O–H groups in total. The molecular weight excluding hydrogens is 240 g/mol. The number of benzene rings is 1. The van der Waals surface area contributed by atoms with Crippen LogP contribution in [0.3, 0.4) is 0 Å². The molecule has 1 aromatic rings. The molecule has 0 radical (unpaired) electrons. The first-order valence-electron chi connectivity index (χ1n) is 5.58. The first-order chi connectivity index (χ1) is 8.11. The summed E-state index contributed by atoms with van der Waals surface area (Å²) in [6.45, 7) is 1.85. The Morgan fingerprint density at radius 3 is 2.82 bits per heavy atom. The van der Waals surface area contributed by atoms with Crippen LogP contribution in [0.25, 0.3) is 0 Å². The Kier molecular flexibility index (Phi) is 3.54. The molecule has 4 nitrogen and oxygen atoms in total. The van der Waals surface area contributed by atoms with Gasteiger partial charge in [0.15, 0.2) is 5.75 Å². The van der Waals surface area contributed by atoms with Gasteiger partial charge in [-0.3, -0.25) is 4.79 Å². The number of amides is 1. The van der Waals surface area contributed by atoms with E-state index in [2.05, 4.69) is 0 Å². The molecule has 92 valence electrons. The zero-order chi connectivity index (χ0) is 12.4. The third-order valence-electron chi connectivity index (χ3n) is 2.63. The van der Waals surface area contributed by atoms with E-state index in [1.54, 1.807) is 18.2 Å². The second-order valence-electron chi connectivity index (χ2n) is 4.16. The van der Waals surface area contributed by atoms with Gasteiger partial charge in [0.05, 0.1) is 12.6 Å². The highest BCUT2D eigenvalue weighted by molar-refractivity contribution is 6.30. The molecule has 0 heterocycles. The molecule has 1 amide bonds. The summed E-state index contributed by atoms with van der Waals surface area (Å²) < 4.78 is 0. The molecule has 1 aliphatic carbocycles. The monoisotopic (exact) mass is 254 g/mol. The molecule has 1 aliphatic rings.